The maximum absolute atomic E-state index is 12.5. The highest BCUT2D eigenvalue weighted by Crippen LogP contribution is 2.47. The van der Waals surface area contributed by atoms with Crippen LogP contribution >= 0.6 is 0 Å². The van der Waals surface area contributed by atoms with Gasteiger partial charge in [-0.05, 0) is 0 Å². The molecule has 0 unspecified atom stereocenters. The first-order valence-corrected chi connectivity index (χ1v) is 4.34. The molecule has 0 aromatic carbocycles. The lowest BCUT2D eigenvalue weighted by atomic mass is 10.2. The SMILES string of the molecule is OCC(F)(F)C(F)(F)OCC(F)(F)C(F)(F)C(F)(F)F. The summed E-state index contributed by atoms with van der Waals surface area (Å²) in [6.07, 6.45) is -12.7. The zero-order valence-electron chi connectivity index (χ0n) is 8.93. The van der Waals surface area contributed by atoms with Crippen LogP contribution in [0.1, 0.15) is 0 Å². The van der Waals surface area contributed by atoms with E-state index in [0.717, 1.165) is 0 Å². The fourth-order valence-corrected chi connectivity index (χ4v) is 0.677. The molecule has 0 bridgehead atoms. The topological polar surface area (TPSA) is 29.5 Å². The van der Waals surface area contributed by atoms with E-state index in [1.54, 1.807) is 0 Å². The van der Waals surface area contributed by atoms with Gasteiger partial charge in [0.15, 0.2) is 0 Å². The molecule has 0 atom stereocenters. The van der Waals surface area contributed by atoms with Crippen molar-refractivity contribution in [1.29, 1.82) is 0 Å². The van der Waals surface area contributed by atoms with Crippen LogP contribution in [0.15, 0.2) is 0 Å². The van der Waals surface area contributed by atoms with E-state index in [4.69, 9.17) is 5.11 Å². The van der Waals surface area contributed by atoms with Gasteiger partial charge in [-0.25, -0.2) is 0 Å². The van der Waals surface area contributed by atoms with Crippen LogP contribution in [-0.4, -0.2) is 48.4 Å². The van der Waals surface area contributed by atoms with Gasteiger partial charge >= 0.3 is 30.1 Å². The third kappa shape index (κ3) is 3.42. The van der Waals surface area contributed by atoms with Gasteiger partial charge in [0.1, 0.15) is 13.2 Å². The number of aliphatic hydroxyl groups is 1. The van der Waals surface area contributed by atoms with Gasteiger partial charge in [-0.3, -0.25) is 0 Å². The van der Waals surface area contributed by atoms with E-state index in [1.165, 1.54) is 0 Å². The minimum Gasteiger partial charge on any atom is -0.390 e. The lowest BCUT2D eigenvalue weighted by molar-refractivity contribution is -0.399. The molecule has 2 nitrogen and oxygen atoms in total. The van der Waals surface area contributed by atoms with Gasteiger partial charge in [0, 0.05) is 0 Å². The fraction of sp³-hybridized carbons (Fsp3) is 1.00. The van der Waals surface area contributed by atoms with Gasteiger partial charge in [0.05, 0.1) is 0 Å². The molecule has 20 heavy (non-hydrogen) atoms. The normalized spacial score (nSPS) is 15.6. The Balaban J connectivity index is 5.07. The molecule has 13 heteroatoms. The molecule has 0 radical (unpaired) electrons. The molecule has 1 N–H and O–H groups in total. The van der Waals surface area contributed by atoms with Crippen LogP contribution < -0.4 is 0 Å². The largest absolute Gasteiger partial charge is 0.459 e. The van der Waals surface area contributed by atoms with Crippen molar-refractivity contribution in [2.45, 2.75) is 30.1 Å². The van der Waals surface area contributed by atoms with Crippen LogP contribution in [0, 0.1) is 0 Å². The summed E-state index contributed by atoms with van der Waals surface area (Å²) in [5.74, 6) is -18.4. The first kappa shape index (κ1) is 19.1. The first-order chi connectivity index (χ1) is 8.52. The molecule has 0 aliphatic rings. The van der Waals surface area contributed by atoms with Gasteiger partial charge in [-0.2, -0.15) is 48.3 Å². The van der Waals surface area contributed by atoms with Crippen molar-refractivity contribution in [2.75, 3.05) is 13.2 Å². The van der Waals surface area contributed by atoms with Gasteiger partial charge in [-0.15, -0.1) is 0 Å². The summed E-state index contributed by atoms with van der Waals surface area (Å²) in [5.41, 5.74) is 0. The van der Waals surface area contributed by atoms with Crippen LogP contribution in [0.5, 0.6) is 0 Å². The molecular weight excluding hydrogens is 325 g/mol. The first-order valence-electron chi connectivity index (χ1n) is 4.34. The number of hydrogen-bond donors (Lipinski definition) is 1. The Labute approximate surface area is 103 Å². The summed E-state index contributed by atoms with van der Waals surface area (Å²) in [4.78, 5) is 0. The molecular formula is C7H5F11O2. The molecule has 0 aliphatic carbocycles. The molecule has 0 rings (SSSR count). The van der Waals surface area contributed by atoms with Crippen molar-refractivity contribution >= 4 is 0 Å². The van der Waals surface area contributed by atoms with Crippen molar-refractivity contribution in [3.05, 3.63) is 0 Å². The fourth-order valence-electron chi connectivity index (χ4n) is 0.677. The molecule has 122 valence electrons. The van der Waals surface area contributed by atoms with E-state index in [9.17, 15) is 48.3 Å². The second-order valence-electron chi connectivity index (χ2n) is 3.44. The van der Waals surface area contributed by atoms with E-state index in [1.807, 2.05) is 0 Å². The zero-order chi connectivity index (χ0) is 16.6. The second kappa shape index (κ2) is 5.16. The highest BCUT2D eigenvalue weighted by Gasteiger charge is 2.74. The molecule has 0 fully saturated rings. The van der Waals surface area contributed by atoms with Gasteiger partial charge in [-0.1, -0.05) is 0 Å². The number of halogens is 11. The van der Waals surface area contributed by atoms with Crippen LogP contribution in [0.2, 0.25) is 0 Å². The smallest absolute Gasteiger partial charge is 0.390 e. The number of ether oxygens (including phenoxy) is 1. The van der Waals surface area contributed by atoms with E-state index in [-0.39, 0.29) is 0 Å². The number of hydrogen-bond acceptors (Lipinski definition) is 2. The molecule has 0 aromatic heterocycles. The third-order valence-corrected chi connectivity index (χ3v) is 1.87. The van der Waals surface area contributed by atoms with Crippen LogP contribution in [-0.2, 0) is 4.74 Å². The predicted octanol–water partition coefficient (Wildman–Crippen LogP) is 3.06. The summed E-state index contributed by atoms with van der Waals surface area (Å²) in [6.45, 7) is -5.96. The van der Waals surface area contributed by atoms with Crippen molar-refractivity contribution in [3.63, 3.8) is 0 Å². The summed E-state index contributed by atoms with van der Waals surface area (Å²) in [6, 6.07) is 0. The summed E-state index contributed by atoms with van der Waals surface area (Å²) >= 11 is 0. The number of alkyl halides is 11. The Hall–Kier alpha value is -0.850. The van der Waals surface area contributed by atoms with Crippen molar-refractivity contribution in [2.24, 2.45) is 0 Å². The molecule has 0 heterocycles. The van der Waals surface area contributed by atoms with Crippen LogP contribution in [0.3, 0.4) is 0 Å². The second-order valence-corrected chi connectivity index (χ2v) is 3.44. The van der Waals surface area contributed by atoms with E-state index in [2.05, 4.69) is 4.74 Å². The summed E-state index contributed by atoms with van der Waals surface area (Å²) < 4.78 is 136. The Kier molecular flexibility index (Phi) is 4.95. The Morgan fingerprint density at radius 2 is 1.10 bits per heavy atom. The van der Waals surface area contributed by atoms with Crippen molar-refractivity contribution in [3.8, 4) is 0 Å². The molecule has 0 spiro atoms. The Morgan fingerprint density at radius 1 is 0.700 bits per heavy atom. The van der Waals surface area contributed by atoms with Gasteiger partial charge in [0.25, 0.3) is 0 Å². The maximum atomic E-state index is 12.5. The van der Waals surface area contributed by atoms with Crippen molar-refractivity contribution < 1.29 is 58.1 Å². The summed E-state index contributed by atoms with van der Waals surface area (Å²) in [5, 5.41) is 7.82. The van der Waals surface area contributed by atoms with E-state index in [0.29, 0.717) is 0 Å². The molecule has 0 aromatic rings. The van der Waals surface area contributed by atoms with Crippen molar-refractivity contribution in [1.82, 2.24) is 0 Å². The quantitative estimate of drug-likeness (QED) is 0.759. The summed E-state index contributed by atoms with van der Waals surface area (Å²) in [7, 11) is 0. The predicted molar refractivity (Wildman–Crippen MR) is 38.9 cm³/mol. The lowest BCUT2D eigenvalue weighted by Gasteiger charge is -2.30. The van der Waals surface area contributed by atoms with Crippen LogP contribution in [0.25, 0.3) is 0 Å². The third-order valence-electron chi connectivity index (χ3n) is 1.87. The highest BCUT2D eigenvalue weighted by atomic mass is 19.4. The lowest BCUT2D eigenvalue weighted by Crippen LogP contribution is -2.56. The monoisotopic (exact) mass is 330 g/mol. The number of rotatable bonds is 6. The van der Waals surface area contributed by atoms with E-state index >= 15 is 0 Å². The minimum atomic E-state index is -6.81. The Morgan fingerprint density at radius 3 is 1.40 bits per heavy atom. The standard InChI is InChI=1S/C7H5F11O2/c8-3(9,1-19)7(17,18)20-2-4(10,11)5(12,13)6(14,15)16/h19H,1-2H2. The maximum Gasteiger partial charge on any atom is 0.459 e. The van der Waals surface area contributed by atoms with Gasteiger partial charge < -0.3 is 9.84 Å². The molecule has 0 saturated heterocycles. The van der Waals surface area contributed by atoms with Gasteiger partial charge in [0.2, 0.25) is 0 Å². The van der Waals surface area contributed by atoms with Crippen LogP contribution in [0.4, 0.5) is 48.3 Å². The Bertz CT molecular complexity index is 334. The zero-order valence-corrected chi connectivity index (χ0v) is 8.93. The molecule has 0 aliphatic heterocycles. The highest BCUT2D eigenvalue weighted by molar-refractivity contribution is 4.91. The molecule has 0 amide bonds. The van der Waals surface area contributed by atoms with E-state index < -0.39 is 43.3 Å². The average molecular weight is 330 g/mol. The molecule has 0 saturated carbocycles. The average Bonchev–Trinajstić information content (AvgIpc) is 2.24. The number of aliphatic hydroxyl groups excluding tert-OH is 1. The minimum absolute atomic E-state index is 2.46.